The number of hydrogen-bond donors (Lipinski definition) is 0. The lowest BCUT2D eigenvalue weighted by Crippen LogP contribution is -2.45. The van der Waals surface area contributed by atoms with E-state index in [9.17, 15) is 4.79 Å². The van der Waals surface area contributed by atoms with Gasteiger partial charge in [0.1, 0.15) is 11.9 Å². The Hall–Kier alpha value is -2.29. The fourth-order valence-corrected chi connectivity index (χ4v) is 6.60. The zero-order chi connectivity index (χ0) is 20.0. The fraction of sp³-hybridized carbons (Fsp3) is 0.500. The fourth-order valence-electron chi connectivity index (χ4n) is 6.60. The van der Waals surface area contributed by atoms with E-state index < -0.39 is 0 Å². The first-order valence-corrected chi connectivity index (χ1v) is 11.0. The maximum absolute atomic E-state index is 12.7. The molecule has 0 heterocycles. The van der Waals surface area contributed by atoms with E-state index in [1.54, 1.807) is 7.11 Å². The molecule has 0 unspecified atom stereocenters. The van der Waals surface area contributed by atoms with Crippen molar-refractivity contribution in [1.82, 2.24) is 0 Å². The summed E-state index contributed by atoms with van der Waals surface area (Å²) < 4.78 is 11.5. The number of methoxy groups -OCH3 is 1. The van der Waals surface area contributed by atoms with Crippen LogP contribution in [-0.2, 0) is 11.2 Å². The standard InChI is InChI=1S/C26H30O3/c1-26-15-14-21-20-11-9-19(28-2)16-18(20)8-10-22(21)23(26)12-13-24(26)29-25(27)17-6-4-3-5-7-17/h3-7,9,11,16,21-24H,8,10,12-15H2,1-2H3/t21-,22-,23+,24+,26+/m1/s1. The molecule has 0 aromatic heterocycles. The first-order chi connectivity index (χ1) is 14.1. The lowest BCUT2D eigenvalue weighted by molar-refractivity contribution is -0.0427. The summed E-state index contributed by atoms with van der Waals surface area (Å²) in [5.74, 6) is 2.80. The Balaban J connectivity index is 1.36. The minimum absolute atomic E-state index is 0.0402. The largest absolute Gasteiger partial charge is 0.497 e. The summed E-state index contributed by atoms with van der Waals surface area (Å²) in [6, 6.07) is 16.1. The molecule has 5 atom stereocenters. The Morgan fingerprint density at radius 1 is 1.03 bits per heavy atom. The van der Waals surface area contributed by atoms with Crippen LogP contribution >= 0.6 is 0 Å². The molecular weight excluding hydrogens is 360 g/mol. The first-order valence-electron chi connectivity index (χ1n) is 11.0. The van der Waals surface area contributed by atoms with Gasteiger partial charge in [-0.3, -0.25) is 0 Å². The van der Waals surface area contributed by atoms with Gasteiger partial charge in [-0.05, 0) is 91.7 Å². The molecule has 0 radical (unpaired) electrons. The lowest BCUT2D eigenvalue weighted by atomic mass is 9.55. The quantitative estimate of drug-likeness (QED) is 0.624. The molecule has 2 saturated carbocycles. The summed E-state index contributed by atoms with van der Waals surface area (Å²) in [7, 11) is 1.74. The van der Waals surface area contributed by atoms with Gasteiger partial charge in [0.15, 0.2) is 0 Å². The van der Waals surface area contributed by atoms with Gasteiger partial charge >= 0.3 is 5.97 Å². The van der Waals surface area contributed by atoms with Crippen LogP contribution in [0, 0.1) is 17.3 Å². The highest BCUT2D eigenvalue weighted by Crippen LogP contribution is 2.61. The summed E-state index contributed by atoms with van der Waals surface area (Å²) in [6.45, 7) is 2.38. The molecule has 152 valence electrons. The minimum Gasteiger partial charge on any atom is -0.497 e. The van der Waals surface area contributed by atoms with E-state index in [-0.39, 0.29) is 17.5 Å². The molecule has 0 aliphatic heterocycles. The van der Waals surface area contributed by atoms with E-state index in [2.05, 4.69) is 25.1 Å². The van der Waals surface area contributed by atoms with E-state index in [4.69, 9.17) is 9.47 Å². The van der Waals surface area contributed by atoms with Crippen LogP contribution in [0.1, 0.15) is 66.4 Å². The number of carbonyl (C=O) groups is 1. The Bertz CT molecular complexity index is 905. The molecule has 2 fully saturated rings. The van der Waals surface area contributed by atoms with Crippen molar-refractivity contribution in [3.05, 3.63) is 65.2 Å². The topological polar surface area (TPSA) is 35.5 Å². The minimum atomic E-state index is -0.166. The van der Waals surface area contributed by atoms with E-state index in [0.29, 0.717) is 23.3 Å². The highest BCUT2D eigenvalue weighted by Gasteiger charge is 2.56. The van der Waals surface area contributed by atoms with E-state index in [0.717, 1.165) is 25.0 Å². The molecular formula is C26H30O3. The van der Waals surface area contributed by atoms with Crippen molar-refractivity contribution in [3.63, 3.8) is 0 Å². The Kier molecular flexibility index (Phi) is 4.64. The maximum atomic E-state index is 12.7. The Labute approximate surface area is 173 Å². The van der Waals surface area contributed by atoms with Gasteiger partial charge in [-0.15, -0.1) is 0 Å². The van der Waals surface area contributed by atoms with Crippen molar-refractivity contribution in [3.8, 4) is 5.75 Å². The maximum Gasteiger partial charge on any atom is 0.338 e. The van der Waals surface area contributed by atoms with Crippen LogP contribution in [-0.4, -0.2) is 19.2 Å². The number of fused-ring (bicyclic) bond motifs is 5. The number of carbonyl (C=O) groups excluding carboxylic acids is 1. The van der Waals surface area contributed by atoms with Crippen molar-refractivity contribution in [2.24, 2.45) is 17.3 Å². The van der Waals surface area contributed by atoms with Gasteiger partial charge in [-0.25, -0.2) is 4.79 Å². The third-order valence-corrected chi connectivity index (χ3v) is 8.11. The highest BCUT2D eigenvalue weighted by molar-refractivity contribution is 5.89. The van der Waals surface area contributed by atoms with Crippen LogP contribution < -0.4 is 4.74 Å². The molecule has 0 spiro atoms. The van der Waals surface area contributed by atoms with Crippen LogP contribution in [0.2, 0.25) is 0 Å². The van der Waals surface area contributed by atoms with Crippen LogP contribution in [0.25, 0.3) is 0 Å². The van der Waals surface area contributed by atoms with Crippen LogP contribution in [0.5, 0.6) is 5.75 Å². The summed E-state index contributed by atoms with van der Waals surface area (Å²) in [6.07, 6.45) is 6.92. The summed E-state index contributed by atoms with van der Waals surface area (Å²) >= 11 is 0. The molecule has 5 rings (SSSR count). The summed E-state index contributed by atoms with van der Waals surface area (Å²) in [5.41, 5.74) is 3.78. The van der Waals surface area contributed by atoms with Gasteiger partial charge in [-0.2, -0.15) is 0 Å². The number of esters is 1. The zero-order valence-corrected chi connectivity index (χ0v) is 17.4. The van der Waals surface area contributed by atoms with Crippen LogP contribution in [0.3, 0.4) is 0 Å². The molecule has 3 nitrogen and oxygen atoms in total. The van der Waals surface area contributed by atoms with E-state index >= 15 is 0 Å². The third-order valence-electron chi connectivity index (χ3n) is 8.11. The van der Waals surface area contributed by atoms with Crippen molar-refractivity contribution in [2.75, 3.05) is 7.11 Å². The SMILES string of the molecule is COc1ccc2c(c1)CC[C@@H]1[C@@H]2CC[C@]2(C)[C@@H](OC(=O)c3ccccc3)CC[C@@H]12. The zero-order valence-electron chi connectivity index (χ0n) is 17.4. The van der Waals surface area contributed by atoms with Gasteiger partial charge in [0, 0.05) is 5.41 Å². The predicted molar refractivity (Wildman–Crippen MR) is 113 cm³/mol. The molecule has 0 saturated heterocycles. The van der Waals surface area contributed by atoms with E-state index in [1.165, 1.54) is 30.4 Å². The predicted octanol–water partition coefficient (Wildman–Crippen LogP) is 5.78. The lowest BCUT2D eigenvalue weighted by Gasteiger charge is -2.50. The van der Waals surface area contributed by atoms with Crippen molar-refractivity contribution >= 4 is 5.97 Å². The smallest absolute Gasteiger partial charge is 0.338 e. The molecule has 3 aliphatic rings. The number of aryl methyl sites for hydroxylation is 1. The molecule has 0 amide bonds. The third kappa shape index (κ3) is 3.06. The van der Waals surface area contributed by atoms with E-state index in [1.807, 2.05) is 30.3 Å². The average Bonchev–Trinajstić information content (AvgIpc) is 3.09. The molecule has 2 aromatic rings. The molecule has 0 N–H and O–H groups in total. The monoisotopic (exact) mass is 390 g/mol. The molecule has 0 bridgehead atoms. The highest BCUT2D eigenvalue weighted by atomic mass is 16.5. The van der Waals surface area contributed by atoms with Crippen molar-refractivity contribution in [1.29, 1.82) is 0 Å². The van der Waals surface area contributed by atoms with Gasteiger partial charge in [0.05, 0.1) is 12.7 Å². The van der Waals surface area contributed by atoms with Crippen molar-refractivity contribution < 1.29 is 14.3 Å². The number of rotatable bonds is 3. The van der Waals surface area contributed by atoms with Gasteiger partial charge < -0.3 is 9.47 Å². The second kappa shape index (κ2) is 7.19. The number of hydrogen-bond acceptors (Lipinski definition) is 3. The second-order valence-corrected chi connectivity index (χ2v) is 9.36. The molecule has 29 heavy (non-hydrogen) atoms. The van der Waals surface area contributed by atoms with Crippen LogP contribution in [0.15, 0.2) is 48.5 Å². The Morgan fingerprint density at radius 2 is 1.86 bits per heavy atom. The number of benzene rings is 2. The average molecular weight is 391 g/mol. The summed E-state index contributed by atoms with van der Waals surface area (Å²) in [4.78, 5) is 12.7. The molecule has 3 heteroatoms. The Morgan fingerprint density at radius 3 is 2.66 bits per heavy atom. The first kappa shape index (κ1) is 18.7. The van der Waals surface area contributed by atoms with Crippen molar-refractivity contribution in [2.45, 2.75) is 57.5 Å². The summed E-state index contributed by atoms with van der Waals surface area (Å²) in [5, 5.41) is 0. The molecule has 3 aliphatic carbocycles. The number of ether oxygens (including phenoxy) is 2. The van der Waals surface area contributed by atoms with Gasteiger partial charge in [0.25, 0.3) is 0 Å². The molecule has 2 aromatic carbocycles. The normalized spacial score (nSPS) is 32.6. The van der Waals surface area contributed by atoms with Gasteiger partial charge in [0.2, 0.25) is 0 Å². The second-order valence-electron chi connectivity index (χ2n) is 9.36. The van der Waals surface area contributed by atoms with Crippen LogP contribution in [0.4, 0.5) is 0 Å². The van der Waals surface area contributed by atoms with Gasteiger partial charge in [-0.1, -0.05) is 31.2 Å².